The van der Waals surface area contributed by atoms with Gasteiger partial charge in [0.25, 0.3) is 0 Å². The molecule has 1 rings (SSSR count). The minimum Gasteiger partial charge on any atom is -0.399 e. The van der Waals surface area contributed by atoms with Crippen LogP contribution in [0.5, 0.6) is 0 Å². The van der Waals surface area contributed by atoms with Gasteiger partial charge in [-0.15, -0.1) is 0 Å². The first kappa shape index (κ1) is 13.9. The molecule has 7 heteroatoms. The zero-order chi connectivity index (χ0) is 13.1. The van der Waals surface area contributed by atoms with E-state index in [1.165, 1.54) is 18.2 Å². The Morgan fingerprint density at radius 2 is 2.12 bits per heavy atom. The lowest BCUT2D eigenvalue weighted by Crippen LogP contribution is -2.33. The quantitative estimate of drug-likeness (QED) is 0.518. The van der Waals surface area contributed by atoms with Gasteiger partial charge in [-0.25, -0.2) is 13.1 Å². The van der Waals surface area contributed by atoms with E-state index in [1.54, 1.807) is 6.92 Å². The highest BCUT2D eigenvalue weighted by Gasteiger charge is 2.16. The third-order valence-corrected chi connectivity index (χ3v) is 3.69. The van der Waals surface area contributed by atoms with E-state index in [-0.39, 0.29) is 11.4 Å². The lowest BCUT2D eigenvalue weighted by molar-refractivity contribution is 0.0988. The molecule has 1 aromatic carbocycles. The molecule has 0 aliphatic rings. The summed E-state index contributed by atoms with van der Waals surface area (Å²) in [4.78, 5) is 0.0781. The van der Waals surface area contributed by atoms with E-state index in [4.69, 9.17) is 15.9 Å². The van der Waals surface area contributed by atoms with E-state index in [0.717, 1.165) is 0 Å². The van der Waals surface area contributed by atoms with Crippen molar-refractivity contribution in [1.82, 2.24) is 4.72 Å². The van der Waals surface area contributed by atoms with Crippen LogP contribution in [0.2, 0.25) is 0 Å². The largest absolute Gasteiger partial charge is 0.399 e. The van der Waals surface area contributed by atoms with Crippen LogP contribution in [0.3, 0.4) is 0 Å². The number of nitrogens with two attached hydrogens (primary N) is 1. The maximum absolute atomic E-state index is 11.8. The van der Waals surface area contributed by atoms with Gasteiger partial charge >= 0.3 is 0 Å². The summed E-state index contributed by atoms with van der Waals surface area (Å²) < 4.78 is 25.7. The second kappa shape index (κ2) is 5.46. The first-order valence-corrected chi connectivity index (χ1v) is 6.50. The van der Waals surface area contributed by atoms with Gasteiger partial charge in [-0.1, -0.05) is 0 Å². The third kappa shape index (κ3) is 3.67. The van der Waals surface area contributed by atoms with Crippen LogP contribution in [0.4, 0.5) is 5.69 Å². The first-order valence-electron chi connectivity index (χ1n) is 5.01. The van der Waals surface area contributed by atoms with E-state index in [9.17, 15) is 8.42 Å². The minimum absolute atomic E-state index is 0.0781. The number of anilines is 1. The highest BCUT2D eigenvalue weighted by Crippen LogP contribution is 2.16. The van der Waals surface area contributed by atoms with Crippen molar-refractivity contribution in [3.8, 4) is 0 Å². The Labute approximate surface area is 100 Å². The molecule has 96 valence electrons. The van der Waals surface area contributed by atoms with Crippen molar-refractivity contribution >= 4 is 15.7 Å². The van der Waals surface area contributed by atoms with E-state index in [1.807, 2.05) is 0 Å². The average molecular weight is 260 g/mol. The lowest BCUT2D eigenvalue weighted by atomic mass is 10.2. The molecular formula is C10H16N2O4S. The van der Waals surface area contributed by atoms with Crippen LogP contribution in [-0.4, -0.2) is 37.9 Å². The predicted molar refractivity (Wildman–Crippen MR) is 63.9 cm³/mol. The average Bonchev–Trinajstić information content (AvgIpc) is 2.29. The van der Waals surface area contributed by atoms with Gasteiger partial charge in [-0.2, -0.15) is 0 Å². The monoisotopic (exact) mass is 260 g/mol. The summed E-state index contributed by atoms with van der Waals surface area (Å²) in [6.45, 7) is 0.975. The van der Waals surface area contributed by atoms with Crippen molar-refractivity contribution in [3.05, 3.63) is 23.8 Å². The molecule has 0 aliphatic heterocycles. The molecular weight excluding hydrogens is 244 g/mol. The number of nitrogens with one attached hydrogen (secondary N) is 1. The molecule has 0 bridgehead atoms. The SMILES string of the molecule is Cc1cc(S(=O)(=O)NCC(O)CO)ccc1N. The highest BCUT2D eigenvalue weighted by molar-refractivity contribution is 7.89. The number of rotatable bonds is 5. The Morgan fingerprint density at radius 1 is 1.47 bits per heavy atom. The van der Waals surface area contributed by atoms with Gasteiger partial charge in [0, 0.05) is 12.2 Å². The molecule has 0 fully saturated rings. The molecule has 0 aromatic heterocycles. The van der Waals surface area contributed by atoms with Crippen LogP contribution < -0.4 is 10.5 Å². The topological polar surface area (TPSA) is 113 Å². The Balaban J connectivity index is 2.86. The van der Waals surface area contributed by atoms with E-state index in [2.05, 4.69) is 4.72 Å². The summed E-state index contributed by atoms with van der Waals surface area (Å²) in [6, 6.07) is 4.34. The molecule has 17 heavy (non-hydrogen) atoms. The summed E-state index contributed by atoms with van der Waals surface area (Å²) >= 11 is 0. The molecule has 0 saturated heterocycles. The summed E-state index contributed by atoms with van der Waals surface area (Å²) in [5.74, 6) is 0. The number of aliphatic hydroxyl groups is 2. The zero-order valence-corrected chi connectivity index (χ0v) is 10.2. The van der Waals surface area contributed by atoms with Crippen molar-refractivity contribution in [2.75, 3.05) is 18.9 Å². The Morgan fingerprint density at radius 3 is 2.65 bits per heavy atom. The first-order chi connectivity index (χ1) is 7.86. The molecule has 1 atom stereocenters. The van der Waals surface area contributed by atoms with Gasteiger partial charge in [-0.3, -0.25) is 0 Å². The molecule has 0 saturated carbocycles. The van der Waals surface area contributed by atoms with Gasteiger partial charge in [0.2, 0.25) is 10.0 Å². The van der Waals surface area contributed by atoms with Crippen molar-refractivity contribution in [1.29, 1.82) is 0 Å². The summed E-state index contributed by atoms with van der Waals surface area (Å²) in [5, 5.41) is 17.7. The minimum atomic E-state index is -3.68. The zero-order valence-electron chi connectivity index (χ0n) is 9.42. The van der Waals surface area contributed by atoms with Crippen LogP contribution in [0.1, 0.15) is 5.56 Å². The van der Waals surface area contributed by atoms with Gasteiger partial charge in [0.1, 0.15) is 0 Å². The fraction of sp³-hybridized carbons (Fsp3) is 0.400. The number of sulfonamides is 1. The number of aliphatic hydroxyl groups excluding tert-OH is 2. The second-order valence-corrected chi connectivity index (χ2v) is 5.47. The van der Waals surface area contributed by atoms with Crippen LogP contribution in [0, 0.1) is 6.92 Å². The molecule has 0 heterocycles. The fourth-order valence-corrected chi connectivity index (χ4v) is 2.33. The van der Waals surface area contributed by atoms with Crippen molar-refractivity contribution in [2.24, 2.45) is 0 Å². The molecule has 0 spiro atoms. The smallest absolute Gasteiger partial charge is 0.240 e. The third-order valence-electron chi connectivity index (χ3n) is 2.27. The molecule has 6 nitrogen and oxygen atoms in total. The summed E-state index contributed by atoms with van der Waals surface area (Å²) in [7, 11) is -3.68. The standard InChI is InChI=1S/C10H16N2O4S/c1-7-4-9(2-3-10(7)11)17(15,16)12-5-8(14)6-13/h2-4,8,12-14H,5-6,11H2,1H3. The summed E-state index contributed by atoms with van der Waals surface area (Å²) in [5.41, 5.74) is 6.76. The molecule has 0 aliphatic carbocycles. The van der Waals surface area contributed by atoms with Crippen molar-refractivity contribution < 1.29 is 18.6 Å². The van der Waals surface area contributed by atoms with Crippen LogP contribution in [0.15, 0.2) is 23.1 Å². The maximum Gasteiger partial charge on any atom is 0.240 e. The molecule has 1 aromatic rings. The number of hydrogen-bond acceptors (Lipinski definition) is 5. The normalized spacial score (nSPS) is 13.6. The number of nitrogen functional groups attached to an aromatic ring is 1. The maximum atomic E-state index is 11.8. The lowest BCUT2D eigenvalue weighted by Gasteiger charge is -2.10. The number of aryl methyl sites for hydroxylation is 1. The van der Waals surface area contributed by atoms with E-state index < -0.39 is 22.7 Å². The number of benzene rings is 1. The van der Waals surface area contributed by atoms with Gasteiger partial charge in [0.15, 0.2) is 0 Å². The fourth-order valence-electron chi connectivity index (χ4n) is 1.17. The van der Waals surface area contributed by atoms with Gasteiger partial charge in [0.05, 0.1) is 17.6 Å². The van der Waals surface area contributed by atoms with Crippen molar-refractivity contribution in [2.45, 2.75) is 17.9 Å². The highest BCUT2D eigenvalue weighted by atomic mass is 32.2. The van der Waals surface area contributed by atoms with Gasteiger partial charge < -0.3 is 15.9 Å². The summed E-state index contributed by atoms with van der Waals surface area (Å²) in [6.07, 6.45) is -1.11. The van der Waals surface area contributed by atoms with Crippen molar-refractivity contribution in [3.63, 3.8) is 0 Å². The second-order valence-electron chi connectivity index (χ2n) is 3.71. The van der Waals surface area contributed by atoms with E-state index >= 15 is 0 Å². The molecule has 0 radical (unpaired) electrons. The number of hydrogen-bond donors (Lipinski definition) is 4. The Hall–Kier alpha value is -1.15. The Kier molecular flexibility index (Phi) is 4.47. The molecule has 1 unspecified atom stereocenters. The van der Waals surface area contributed by atoms with E-state index in [0.29, 0.717) is 11.3 Å². The predicted octanol–water partition coefficient (Wildman–Crippen LogP) is -0.791. The Bertz CT molecular complexity index is 487. The molecule has 0 amide bonds. The molecule has 5 N–H and O–H groups in total. The van der Waals surface area contributed by atoms with Crippen LogP contribution in [0.25, 0.3) is 0 Å². The van der Waals surface area contributed by atoms with Gasteiger partial charge in [-0.05, 0) is 30.7 Å². The van der Waals surface area contributed by atoms with Crippen LogP contribution >= 0.6 is 0 Å². The van der Waals surface area contributed by atoms with Crippen LogP contribution in [-0.2, 0) is 10.0 Å².